The maximum absolute atomic E-state index is 13.8. The number of nitrogens with two attached hydrogens (primary N) is 1. The summed E-state index contributed by atoms with van der Waals surface area (Å²) in [6.45, 7) is 5.58. The quantitative estimate of drug-likeness (QED) is 0.580. The Bertz CT molecular complexity index is 411. The molecule has 2 N–H and O–H groups in total. The topological polar surface area (TPSA) is 38.5 Å². The van der Waals surface area contributed by atoms with E-state index >= 15 is 0 Å². The van der Waals surface area contributed by atoms with E-state index in [2.05, 4.69) is 18.7 Å². The van der Waals surface area contributed by atoms with Gasteiger partial charge in [0.05, 0.1) is 21.6 Å². The van der Waals surface area contributed by atoms with E-state index < -0.39 is 0 Å². The van der Waals surface area contributed by atoms with Gasteiger partial charge < -0.3 is 15.4 Å². The minimum Gasteiger partial charge on any atom is -0.397 e. The van der Waals surface area contributed by atoms with Gasteiger partial charge in [0, 0.05) is 25.8 Å². The summed E-state index contributed by atoms with van der Waals surface area (Å²) in [7, 11) is 1.67. The summed E-state index contributed by atoms with van der Waals surface area (Å²) in [5.41, 5.74) is 7.44. The standard InChI is InChI=1S/C14H22FIN2O/c1-4-10(5-2)18(6-7-19-3)14-8-11(15)12(16)9-13(14)17/h8-10H,4-7,17H2,1-3H3. The number of hydrogen-bond donors (Lipinski definition) is 1. The molecule has 108 valence electrons. The molecular formula is C14H22FIN2O. The summed E-state index contributed by atoms with van der Waals surface area (Å²) < 4.78 is 19.5. The summed E-state index contributed by atoms with van der Waals surface area (Å²) in [5.74, 6) is -0.224. The first-order chi connectivity index (χ1) is 9.04. The molecular weight excluding hydrogens is 358 g/mol. The van der Waals surface area contributed by atoms with Crippen molar-refractivity contribution in [3.05, 3.63) is 21.5 Å². The van der Waals surface area contributed by atoms with Gasteiger partial charge in [-0.3, -0.25) is 0 Å². The Kier molecular flexibility index (Phi) is 6.85. The lowest BCUT2D eigenvalue weighted by molar-refractivity contribution is 0.202. The van der Waals surface area contributed by atoms with Crippen LogP contribution < -0.4 is 10.6 Å². The zero-order chi connectivity index (χ0) is 14.4. The number of nitrogens with zero attached hydrogens (tertiary/aromatic N) is 1. The molecule has 0 amide bonds. The zero-order valence-corrected chi connectivity index (χ0v) is 13.9. The van der Waals surface area contributed by atoms with E-state index in [-0.39, 0.29) is 5.82 Å². The van der Waals surface area contributed by atoms with E-state index in [0.717, 1.165) is 18.5 Å². The highest BCUT2D eigenvalue weighted by Gasteiger charge is 2.19. The Balaban J connectivity index is 3.12. The molecule has 3 nitrogen and oxygen atoms in total. The number of benzene rings is 1. The molecule has 1 rings (SSSR count). The molecule has 5 heteroatoms. The van der Waals surface area contributed by atoms with Crippen LogP contribution in [0.5, 0.6) is 0 Å². The number of methoxy groups -OCH3 is 1. The molecule has 19 heavy (non-hydrogen) atoms. The third kappa shape index (κ3) is 4.21. The summed E-state index contributed by atoms with van der Waals surface area (Å²) in [6.07, 6.45) is 1.99. The van der Waals surface area contributed by atoms with E-state index in [1.54, 1.807) is 13.2 Å². The van der Waals surface area contributed by atoms with Crippen LogP contribution in [0.3, 0.4) is 0 Å². The third-order valence-corrected chi connectivity index (χ3v) is 4.13. The van der Waals surface area contributed by atoms with Crippen LogP contribution in [-0.2, 0) is 4.74 Å². The van der Waals surface area contributed by atoms with Gasteiger partial charge in [-0.1, -0.05) is 13.8 Å². The summed E-state index contributed by atoms with van der Waals surface area (Å²) >= 11 is 1.96. The van der Waals surface area contributed by atoms with Crippen LogP contribution in [0.15, 0.2) is 12.1 Å². The lowest BCUT2D eigenvalue weighted by Gasteiger charge is -2.33. The van der Waals surface area contributed by atoms with Crippen LogP contribution in [0.4, 0.5) is 15.8 Å². The molecule has 0 fully saturated rings. The van der Waals surface area contributed by atoms with Crippen LogP contribution in [0, 0.1) is 9.39 Å². The lowest BCUT2D eigenvalue weighted by atomic mass is 10.1. The van der Waals surface area contributed by atoms with E-state index in [1.807, 2.05) is 22.6 Å². The van der Waals surface area contributed by atoms with Gasteiger partial charge in [-0.25, -0.2) is 4.39 Å². The number of rotatable bonds is 7. The number of halogens is 2. The Hall–Kier alpha value is -0.560. The molecule has 0 saturated carbocycles. The fraction of sp³-hybridized carbons (Fsp3) is 0.571. The number of hydrogen-bond acceptors (Lipinski definition) is 3. The van der Waals surface area contributed by atoms with Crippen molar-refractivity contribution < 1.29 is 9.13 Å². The monoisotopic (exact) mass is 380 g/mol. The average molecular weight is 380 g/mol. The number of nitrogen functional groups attached to an aromatic ring is 1. The molecule has 0 bridgehead atoms. The normalized spacial score (nSPS) is 11.1. The minimum absolute atomic E-state index is 0.224. The second-order valence-corrected chi connectivity index (χ2v) is 5.64. The fourth-order valence-electron chi connectivity index (χ4n) is 2.22. The SMILES string of the molecule is CCC(CC)N(CCOC)c1cc(F)c(I)cc1N. The summed E-state index contributed by atoms with van der Waals surface area (Å²) in [6, 6.07) is 3.57. The second-order valence-electron chi connectivity index (χ2n) is 4.48. The van der Waals surface area contributed by atoms with Gasteiger partial charge in [0.25, 0.3) is 0 Å². The summed E-state index contributed by atoms with van der Waals surface area (Å²) in [5, 5.41) is 0. The highest BCUT2D eigenvalue weighted by atomic mass is 127. The van der Waals surface area contributed by atoms with Crippen molar-refractivity contribution >= 4 is 34.0 Å². The van der Waals surface area contributed by atoms with Gasteiger partial charge in [-0.15, -0.1) is 0 Å². The van der Waals surface area contributed by atoms with Crippen LogP contribution in [0.1, 0.15) is 26.7 Å². The highest BCUT2D eigenvalue weighted by Crippen LogP contribution is 2.30. The highest BCUT2D eigenvalue weighted by molar-refractivity contribution is 14.1. The zero-order valence-electron chi connectivity index (χ0n) is 11.7. The van der Waals surface area contributed by atoms with E-state index in [4.69, 9.17) is 10.5 Å². The van der Waals surface area contributed by atoms with Crippen molar-refractivity contribution in [3.63, 3.8) is 0 Å². The molecule has 0 aliphatic rings. The molecule has 0 atom stereocenters. The van der Waals surface area contributed by atoms with Gasteiger partial charge in [0.2, 0.25) is 0 Å². The second kappa shape index (κ2) is 7.89. The van der Waals surface area contributed by atoms with Crippen molar-refractivity contribution in [2.24, 2.45) is 0 Å². The van der Waals surface area contributed by atoms with Gasteiger partial charge >= 0.3 is 0 Å². The molecule has 1 aromatic rings. The smallest absolute Gasteiger partial charge is 0.138 e. The lowest BCUT2D eigenvalue weighted by Crippen LogP contribution is -2.37. The molecule has 1 aromatic carbocycles. The van der Waals surface area contributed by atoms with E-state index in [1.165, 1.54) is 6.07 Å². The molecule has 0 radical (unpaired) electrons. The average Bonchev–Trinajstić information content (AvgIpc) is 2.39. The first kappa shape index (κ1) is 16.5. The minimum atomic E-state index is -0.224. The molecule has 0 aliphatic carbocycles. The molecule has 0 heterocycles. The van der Waals surface area contributed by atoms with Crippen LogP contribution in [0.25, 0.3) is 0 Å². The Labute approximate surface area is 128 Å². The number of anilines is 2. The summed E-state index contributed by atoms with van der Waals surface area (Å²) in [4.78, 5) is 2.15. The van der Waals surface area contributed by atoms with Gasteiger partial charge in [0.15, 0.2) is 0 Å². The van der Waals surface area contributed by atoms with Crippen molar-refractivity contribution in [2.45, 2.75) is 32.7 Å². The number of ether oxygens (including phenoxy) is 1. The first-order valence-corrected chi connectivity index (χ1v) is 7.63. The first-order valence-electron chi connectivity index (χ1n) is 6.55. The Morgan fingerprint density at radius 1 is 1.37 bits per heavy atom. The van der Waals surface area contributed by atoms with Gasteiger partial charge in [-0.05, 0) is 41.5 Å². The predicted octanol–water partition coefficient (Wildman–Crippen LogP) is 3.65. The largest absolute Gasteiger partial charge is 0.397 e. The van der Waals surface area contributed by atoms with Gasteiger partial charge in [-0.2, -0.15) is 0 Å². The van der Waals surface area contributed by atoms with Crippen LogP contribution in [-0.4, -0.2) is 26.3 Å². The van der Waals surface area contributed by atoms with E-state index in [0.29, 0.717) is 28.5 Å². The molecule has 0 aliphatic heterocycles. The molecule has 0 saturated heterocycles. The maximum Gasteiger partial charge on any atom is 0.138 e. The maximum atomic E-state index is 13.8. The van der Waals surface area contributed by atoms with Crippen LogP contribution in [0.2, 0.25) is 0 Å². The van der Waals surface area contributed by atoms with Crippen molar-refractivity contribution in [3.8, 4) is 0 Å². The van der Waals surface area contributed by atoms with Gasteiger partial charge in [0.1, 0.15) is 5.82 Å². The molecule has 0 spiro atoms. The Morgan fingerprint density at radius 3 is 2.53 bits per heavy atom. The van der Waals surface area contributed by atoms with Crippen molar-refractivity contribution in [2.75, 3.05) is 30.9 Å². The van der Waals surface area contributed by atoms with Crippen molar-refractivity contribution in [1.29, 1.82) is 0 Å². The van der Waals surface area contributed by atoms with Crippen LogP contribution >= 0.6 is 22.6 Å². The third-order valence-electron chi connectivity index (χ3n) is 3.30. The fourth-order valence-corrected chi connectivity index (χ4v) is 2.71. The van der Waals surface area contributed by atoms with E-state index in [9.17, 15) is 4.39 Å². The predicted molar refractivity (Wildman–Crippen MR) is 87.1 cm³/mol. The van der Waals surface area contributed by atoms with Crippen molar-refractivity contribution in [1.82, 2.24) is 0 Å². The molecule has 0 aromatic heterocycles. The molecule has 0 unspecified atom stereocenters. The Morgan fingerprint density at radius 2 is 2.00 bits per heavy atom.